The number of rotatable bonds is 2. The van der Waals surface area contributed by atoms with Crippen LogP contribution < -0.4 is 0 Å². The highest BCUT2D eigenvalue weighted by Gasteiger charge is 2.27. The van der Waals surface area contributed by atoms with E-state index >= 15 is 0 Å². The Kier molecular flexibility index (Phi) is 2.89. The third-order valence-corrected chi connectivity index (χ3v) is 3.34. The standard InChI is InChI=1S/C12H16N4O2/c1-15-5-3-13-11(15)12-14-4-6-16(12)9-2-7-18-8-10(9)17/h3-6,9-10,17H,2,7-8H2,1H3/t9-,10-/m0/s1. The molecule has 1 N–H and O–H groups in total. The summed E-state index contributed by atoms with van der Waals surface area (Å²) in [6, 6.07) is 0.00736. The molecule has 0 saturated carbocycles. The van der Waals surface area contributed by atoms with E-state index in [2.05, 4.69) is 9.97 Å². The summed E-state index contributed by atoms with van der Waals surface area (Å²) in [6.45, 7) is 1.04. The van der Waals surface area contributed by atoms with Gasteiger partial charge in [-0.25, -0.2) is 9.97 Å². The zero-order valence-corrected chi connectivity index (χ0v) is 10.2. The molecule has 1 fully saturated rings. The molecule has 18 heavy (non-hydrogen) atoms. The molecule has 6 nitrogen and oxygen atoms in total. The number of nitrogens with zero attached hydrogens (tertiary/aromatic N) is 4. The maximum Gasteiger partial charge on any atom is 0.176 e. The summed E-state index contributed by atoms with van der Waals surface area (Å²) in [5, 5.41) is 10.0. The quantitative estimate of drug-likeness (QED) is 0.845. The molecule has 1 aliphatic heterocycles. The SMILES string of the molecule is Cn1ccnc1-c1nccn1[C@H]1CCOC[C@@H]1O. The van der Waals surface area contributed by atoms with E-state index in [4.69, 9.17) is 4.74 Å². The maximum absolute atomic E-state index is 10.0. The van der Waals surface area contributed by atoms with Gasteiger partial charge < -0.3 is 19.0 Å². The normalized spacial score (nSPS) is 24.3. The first-order chi connectivity index (χ1) is 8.77. The molecule has 0 bridgehead atoms. The molecule has 3 heterocycles. The zero-order chi connectivity index (χ0) is 12.5. The van der Waals surface area contributed by atoms with Crippen molar-refractivity contribution < 1.29 is 9.84 Å². The van der Waals surface area contributed by atoms with E-state index in [1.54, 1.807) is 12.4 Å². The Morgan fingerprint density at radius 1 is 1.28 bits per heavy atom. The van der Waals surface area contributed by atoms with E-state index in [9.17, 15) is 5.11 Å². The van der Waals surface area contributed by atoms with Gasteiger partial charge in [-0.3, -0.25) is 0 Å². The number of aliphatic hydroxyl groups excluding tert-OH is 1. The highest BCUT2D eigenvalue weighted by atomic mass is 16.5. The van der Waals surface area contributed by atoms with Gasteiger partial charge in [0.15, 0.2) is 11.6 Å². The lowest BCUT2D eigenvalue weighted by atomic mass is 10.1. The molecule has 2 aromatic heterocycles. The summed E-state index contributed by atoms with van der Waals surface area (Å²) in [5.74, 6) is 1.59. The van der Waals surface area contributed by atoms with Crippen molar-refractivity contribution in [2.75, 3.05) is 13.2 Å². The van der Waals surface area contributed by atoms with Crippen LogP contribution in [0.1, 0.15) is 12.5 Å². The fourth-order valence-corrected chi connectivity index (χ4v) is 2.37. The first-order valence-electron chi connectivity index (χ1n) is 6.03. The van der Waals surface area contributed by atoms with Crippen LogP contribution in [-0.4, -0.2) is 43.5 Å². The van der Waals surface area contributed by atoms with Crippen LogP contribution in [-0.2, 0) is 11.8 Å². The lowest BCUT2D eigenvalue weighted by Crippen LogP contribution is -2.34. The Hall–Kier alpha value is -1.66. The maximum atomic E-state index is 10.0. The molecule has 0 aromatic carbocycles. The first kappa shape index (κ1) is 11.4. The molecule has 1 aliphatic rings. The Balaban J connectivity index is 1.99. The molecular formula is C12H16N4O2. The Labute approximate surface area is 105 Å². The largest absolute Gasteiger partial charge is 0.389 e. The number of ether oxygens (including phenoxy) is 1. The molecule has 0 radical (unpaired) electrons. The Bertz CT molecular complexity index is 534. The second-order valence-corrected chi connectivity index (χ2v) is 4.52. The lowest BCUT2D eigenvalue weighted by Gasteiger charge is -2.29. The molecule has 0 unspecified atom stereocenters. The number of aliphatic hydroxyl groups is 1. The summed E-state index contributed by atoms with van der Waals surface area (Å²) in [7, 11) is 1.93. The van der Waals surface area contributed by atoms with Crippen LogP contribution >= 0.6 is 0 Å². The average Bonchev–Trinajstić information content (AvgIpc) is 2.98. The molecule has 2 aromatic rings. The van der Waals surface area contributed by atoms with Crippen LogP contribution in [0, 0.1) is 0 Å². The van der Waals surface area contributed by atoms with Crippen LogP contribution in [0.3, 0.4) is 0 Å². The summed E-state index contributed by atoms with van der Waals surface area (Å²) in [4.78, 5) is 8.66. The van der Waals surface area contributed by atoms with Crippen molar-refractivity contribution in [2.45, 2.75) is 18.6 Å². The second kappa shape index (κ2) is 4.55. The van der Waals surface area contributed by atoms with Crippen molar-refractivity contribution in [2.24, 2.45) is 7.05 Å². The predicted molar refractivity (Wildman–Crippen MR) is 64.9 cm³/mol. The minimum Gasteiger partial charge on any atom is -0.389 e. The molecular weight excluding hydrogens is 232 g/mol. The minimum atomic E-state index is -0.494. The molecule has 0 spiro atoms. The van der Waals surface area contributed by atoms with Crippen molar-refractivity contribution in [1.29, 1.82) is 0 Å². The monoisotopic (exact) mass is 248 g/mol. The third kappa shape index (κ3) is 1.83. The lowest BCUT2D eigenvalue weighted by molar-refractivity contribution is -0.0381. The minimum absolute atomic E-state index is 0.00736. The predicted octanol–water partition coefficient (Wildman–Crippen LogP) is 0.606. The summed E-state index contributed by atoms with van der Waals surface area (Å²) in [6.07, 6.45) is 7.56. The first-order valence-corrected chi connectivity index (χ1v) is 6.03. The summed E-state index contributed by atoms with van der Waals surface area (Å²) in [5.41, 5.74) is 0. The molecule has 96 valence electrons. The van der Waals surface area contributed by atoms with Crippen molar-refractivity contribution in [3.8, 4) is 11.6 Å². The Morgan fingerprint density at radius 2 is 2.06 bits per heavy atom. The van der Waals surface area contributed by atoms with Gasteiger partial charge in [0.25, 0.3) is 0 Å². The van der Waals surface area contributed by atoms with Gasteiger partial charge in [0, 0.05) is 38.4 Å². The van der Waals surface area contributed by atoms with E-state index < -0.39 is 6.10 Å². The van der Waals surface area contributed by atoms with Crippen LogP contribution in [0.15, 0.2) is 24.8 Å². The van der Waals surface area contributed by atoms with Crippen LogP contribution in [0.2, 0.25) is 0 Å². The summed E-state index contributed by atoms with van der Waals surface area (Å²) < 4.78 is 9.18. The van der Waals surface area contributed by atoms with Crippen molar-refractivity contribution >= 4 is 0 Å². The van der Waals surface area contributed by atoms with Gasteiger partial charge in [0.2, 0.25) is 0 Å². The molecule has 0 amide bonds. The second-order valence-electron chi connectivity index (χ2n) is 4.52. The van der Waals surface area contributed by atoms with Gasteiger partial charge in [-0.1, -0.05) is 0 Å². The molecule has 3 rings (SSSR count). The van der Waals surface area contributed by atoms with Crippen molar-refractivity contribution in [3.63, 3.8) is 0 Å². The van der Waals surface area contributed by atoms with Gasteiger partial charge >= 0.3 is 0 Å². The number of hydrogen-bond acceptors (Lipinski definition) is 4. The molecule has 2 atom stereocenters. The van der Waals surface area contributed by atoms with Crippen LogP contribution in [0.5, 0.6) is 0 Å². The number of imidazole rings is 2. The van der Waals surface area contributed by atoms with Gasteiger partial charge in [-0.15, -0.1) is 0 Å². The van der Waals surface area contributed by atoms with Gasteiger partial charge in [-0.2, -0.15) is 0 Å². The molecule has 0 aliphatic carbocycles. The highest BCUT2D eigenvalue weighted by Crippen LogP contribution is 2.26. The van der Waals surface area contributed by atoms with E-state index in [1.807, 2.05) is 28.6 Å². The highest BCUT2D eigenvalue weighted by molar-refractivity contribution is 5.45. The van der Waals surface area contributed by atoms with Crippen molar-refractivity contribution in [1.82, 2.24) is 19.1 Å². The van der Waals surface area contributed by atoms with Crippen LogP contribution in [0.4, 0.5) is 0 Å². The molecule has 6 heteroatoms. The zero-order valence-electron chi connectivity index (χ0n) is 10.2. The average molecular weight is 248 g/mol. The third-order valence-electron chi connectivity index (χ3n) is 3.34. The van der Waals surface area contributed by atoms with Gasteiger partial charge in [-0.05, 0) is 6.42 Å². The fraction of sp³-hybridized carbons (Fsp3) is 0.500. The van der Waals surface area contributed by atoms with Crippen molar-refractivity contribution in [3.05, 3.63) is 24.8 Å². The van der Waals surface area contributed by atoms with E-state index in [0.717, 1.165) is 18.1 Å². The van der Waals surface area contributed by atoms with Gasteiger partial charge in [0.05, 0.1) is 18.8 Å². The fourth-order valence-electron chi connectivity index (χ4n) is 2.37. The number of aromatic nitrogens is 4. The Morgan fingerprint density at radius 3 is 2.78 bits per heavy atom. The van der Waals surface area contributed by atoms with E-state index in [0.29, 0.717) is 13.2 Å². The topological polar surface area (TPSA) is 65.1 Å². The van der Waals surface area contributed by atoms with E-state index in [-0.39, 0.29) is 6.04 Å². The summed E-state index contributed by atoms with van der Waals surface area (Å²) >= 11 is 0. The van der Waals surface area contributed by atoms with E-state index in [1.165, 1.54) is 0 Å². The molecule has 1 saturated heterocycles. The van der Waals surface area contributed by atoms with Gasteiger partial charge in [0.1, 0.15) is 0 Å². The number of hydrogen-bond donors (Lipinski definition) is 1. The number of aryl methyl sites for hydroxylation is 1. The smallest absolute Gasteiger partial charge is 0.176 e. The van der Waals surface area contributed by atoms with Crippen LogP contribution in [0.25, 0.3) is 11.6 Å².